The quantitative estimate of drug-likeness (QED) is 0.423. The first kappa shape index (κ1) is 11.2. The Hall–Kier alpha value is -0.780. The molecule has 0 bridgehead atoms. The van der Waals surface area contributed by atoms with Gasteiger partial charge in [-0.3, -0.25) is 0 Å². The summed E-state index contributed by atoms with van der Waals surface area (Å²) in [5.41, 5.74) is 1.33. The van der Waals surface area contributed by atoms with E-state index in [4.69, 9.17) is 0 Å². The highest BCUT2D eigenvalue weighted by Gasteiger charge is 1.91. The van der Waals surface area contributed by atoms with Gasteiger partial charge in [-0.1, -0.05) is 36.8 Å². The molecule has 0 fully saturated rings. The summed E-state index contributed by atoms with van der Waals surface area (Å²) in [4.78, 5) is 0. The molecule has 0 N–H and O–H groups in total. The molecule has 0 heterocycles. The third-order valence-electron chi connectivity index (χ3n) is 2.03. The number of allylic oxidation sites excluding steroid dienone is 5. The van der Waals surface area contributed by atoms with Gasteiger partial charge in [0.1, 0.15) is 0 Å². The average molecular weight is 164 g/mol. The zero-order valence-electron chi connectivity index (χ0n) is 8.51. The van der Waals surface area contributed by atoms with Crippen LogP contribution in [-0.4, -0.2) is 0 Å². The lowest BCUT2D eigenvalue weighted by molar-refractivity contribution is 0.659. The van der Waals surface area contributed by atoms with Crippen molar-refractivity contribution in [3.8, 4) is 0 Å². The smallest absolute Gasteiger partial charge is 0.0262 e. The van der Waals surface area contributed by atoms with E-state index in [1.165, 1.54) is 12.0 Å². The lowest BCUT2D eigenvalue weighted by Gasteiger charge is -2.00. The highest BCUT2D eigenvalue weighted by molar-refractivity contribution is 5.14. The fourth-order valence-corrected chi connectivity index (χ4v) is 0.842. The number of hydrogen-bond acceptors (Lipinski definition) is 0. The van der Waals surface area contributed by atoms with Crippen molar-refractivity contribution in [1.82, 2.24) is 0 Å². The molecule has 0 aromatic carbocycles. The zero-order valence-corrected chi connectivity index (χ0v) is 8.51. The molecule has 1 unspecified atom stereocenters. The van der Waals surface area contributed by atoms with Crippen LogP contribution in [0.3, 0.4) is 0 Å². The summed E-state index contributed by atoms with van der Waals surface area (Å²) in [6.07, 6.45) is 10.9. The predicted octanol–water partition coefficient (Wildman–Crippen LogP) is 4.11. The Morgan fingerprint density at radius 2 is 2.17 bits per heavy atom. The van der Waals surface area contributed by atoms with Gasteiger partial charge in [-0.2, -0.15) is 0 Å². The van der Waals surface area contributed by atoms with Crippen molar-refractivity contribution in [2.75, 3.05) is 0 Å². The largest absolute Gasteiger partial charge is 0.103 e. The van der Waals surface area contributed by atoms with Gasteiger partial charge in [0.05, 0.1) is 0 Å². The molecular weight excluding hydrogens is 144 g/mol. The molecule has 0 saturated heterocycles. The van der Waals surface area contributed by atoms with Crippen molar-refractivity contribution in [1.29, 1.82) is 0 Å². The van der Waals surface area contributed by atoms with Crippen molar-refractivity contribution < 1.29 is 0 Å². The molecule has 0 aromatic heterocycles. The van der Waals surface area contributed by atoms with E-state index in [-0.39, 0.29) is 0 Å². The van der Waals surface area contributed by atoms with Crippen LogP contribution in [0.15, 0.2) is 36.5 Å². The minimum absolute atomic E-state index is 0.639. The van der Waals surface area contributed by atoms with Crippen LogP contribution < -0.4 is 0 Å². The molecule has 12 heavy (non-hydrogen) atoms. The van der Waals surface area contributed by atoms with Gasteiger partial charge >= 0.3 is 0 Å². The van der Waals surface area contributed by atoms with Gasteiger partial charge in [-0.15, -0.1) is 6.58 Å². The first-order chi connectivity index (χ1) is 5.70. The summed E-state index contributed by atoms with van der Waals surface area (Å²) >= 11 is 0. The fourth-order valence-electron chi connectivity index (χ4n) is 0.842. The number of rotatable bonds is 5. The van der Waals surface area contributed by atoms with Gasteiger partial charge in [-0.25, -0.2) is 0 Å². The zero-order chi connectivity index (χ0) is 9.40. The van der Waals surface area contributed by atoms with Crippen molar-refractivity contribution in [3.63, 3.8) is 0 Å². The summed E-state index contributed by atoms with van der Waals surface area (Å²) in [6, 6.07) is 0. The molecule has 0 aromatic rings. The molecule has 0 aliphatic heterocycles. The maximum atomic E-state index is 3.76. The molecule has 0 rings (SSSR count). The predicted molar refractivity (Wildman–Crippen MR) is 57.2 cm³/mol. The molecule has 0 heteroatoms. The minimum atomic E-state index is 0.639. The van der Waals surface area contributed by atoms with E-state index in [1.807, 2.05) is 6.08 Å². The topological polar surface area (TPSA) is 0 Å². The Balaban J connectivity index is 3.55. The molecule has 0 nitrogen and oxygen atoms in total. The summed E-state index contributed by atoms with van der Waals surface area (Å²) < 4.78 is 0. The Bertz CT molecular complexity index is 172. The summed E-state index contributed by atoms with van der Waals surface area (Å²) in [7, 11) is 0. The van der Waals surface area contributed by atoms with Gasteiger partial charge in [0.15, 0.2) is 0 Å². The Morgan fingerprint density at radius 1 is 1.50 bits per heavy atom. The molecule has 0 saturated carbocycles. The second kappa shape index (κ2) is 6.90. The molecule has 0 aliphatic carbocycles. The molecule has 0 spiro atoms. The van der Waals surface area contributed by atoms with Gasteiger partial charge in [-0.05, 0) is 32.6 Å². The Kier molecular flexibility index (Phi) is 6.45. The van der Waals surface area contributed by atoms with Crippen LogP contribution in [0.2, 0.25) is 0 Å². The van der Waals surface area contributed by atoms with Crippen LogP contribution in [-0.2, 0) is 0 Å². The van der Waals surface area contributed by atoms with E-state index in [2.05, 4.69) is 45.6 Å². The van der Waals surface area contributed by atoms with Crippen molar-refractivity contribution >= 4 is 0 Å². The minimum Gasteiger partial charge on any atom is -0.103 e. The van der Waals surface area contributed by atoms with Crippen LogP contribution in [0, 0.1) is 5.92 Å². The highest BCUT2D eigenvalue weighted by atomic mass is 14.0. The van der Waals surface area contributed by atoms with E-state index in [1.54, 1.807) is 0 Å². The van der Waals surface area contributed by atoms with E-state index in [0.29, 0.717) is 5.92 Å². The van der Waals surface area contributed by atoms with Gasteiger partial charge in [0.2, 0.25) is 0 Å². The van der Waals surface area contributed by atoms with E-state index >= 15 is 0 Å². The molecule has 0 amide bonds. The van der Waals surface area contributed by atoms with Gasteiger partial charge in [0, 0.05) is 0 Å². The van der Waals surface area contributed by atoms with Crippen molar-refractivity contribution in [2.45, 2.75) is 33.6 Å². The van der Waals surface area contributed by atoms with Crippen LogP contribution in [0.1, 0.15) is 33.6 Å². The average Bonchev–Trinajstić information content (AvgIpc) is 2.11. The van der Waals surface area contributed by atoms with Gasteiger partial charge in [0.25, 0.3) is 0 Å². The summed E-state index contributed by atoms with van der Waals surface area (Å²) in [5, 5.41) is 0. The molecule has 68 valence electrons. The molecule has 0 aliphatic rings. The second-order valence-electron chi connectivity index (χ2n) is 3.23. The fraction of sp³-hybridized carbons (Fsp3) is 0.500. The van der Waals surface area contributed by atoms with Crippen LogP contribution in [0.25, 0.3) is 0 Å². The second-order valence-corrected chi connectivity index (χ2v) is 3.23. The Labute approximate surface area is 76.7 Å². The lowest BCUT2D eigenvalue weighted by atomic mass is 10.1. The first-order valence-corrected chi connectivity index (χ1v) is 4.62. The highest BCUT2D eigenvalue weighted by Crippen LogP contribution is 2.07. The van der Waals surface area contributed by atoms with Crippen LogP contribution in [0.5, 0.6) is 0 Å². The van der Waals surface area contributed by atoms with E-state index in [0.717, 1.165) is 6.42 Å². The van der Waals surface area contributed by atoms with Gasteiger partial charge < -0.3 is 0 Å². The van der Waals surface area contributed by atoms with E-state index in [9.17, 15) is 0 Å². The summed E-state index contributed by atoms with van der Waals surface area (Å²) in [5.74, 6) is 0.639. The standard InChI is InChI=1S/C12H20/c1-5-11(3)9-7-8-10-12(4)6-2/h5-6,8,10-11H,1,7,9H2,2-4H3. The molecule has 0 radical (unpaired) electrons. The SMILES string of the molecule is C=CC(C)CCC=CC(C)=CC. The normalized spacial score (nSPS) is 15.1. The molecule has 1 atom stereocenters. The van der Waals surface area contributed by atoms with E-state index < -0.39 is 0 Å². The monoisotopic (exact) mass is 164 g/mol. The Morgan fingerprint density at radius 3 is 2.67 bits per heavy atom. The molecular formula is C12H20. The summed E-state index contributed by atoms with van der Waals surface area (Å²) in [6.45, 7) is 10.1. The maximum absolute atomic E-state index is 3.76. The van der Waals surface area contributed by atoms with Crippen LogP contribution in [0.4, 0.5) is 0 Å². The van der Waals surface area contributed by atoms with Crippen molar-refractivity contribution in [2.24, 2.45) is 5.92 Å². The lowest BCUT2D eigenvalue weighted by Crippen LogP contribution is -1.85. The van der Waals surface area contributed by atoms with Crippen molar-refractivity contribution in [3.05, 3.63) is 36.5 Å². The number of hydrogen-bond donors (Lipinski definition) is 0. The third kappa shape index (κ3) is 5.96. The van der Waals surface area contributed by atoms with Crippen LogP contribution >= 0.6 is 0 Å². The first-order valence-electron chi connectivity index (χ1n) is 4.62. The third-order valence-corrected chi connectivity index (χ3v) is 2.03. The maximum Gasteiger partial charge on any atom is -0.0262 e.